The van der Waals surface area contributed by atoms with E-state index in [9.17, 15) is 8.42 Å². The normalized spacial score (nSPS) is 12.2. The number of hydrogen-bond acceptors (Lipinski definition) is 4. The van der Waals surface area contributed by atoms with Gasteiger partial charge < -0.3 is 4.57 Å². The van der Waals surface area contributed by atoms with Gasteiger partial charge in [0.15, 0.2) is 5.16 Å². The first-order valence-corrected chi connectivity index (χ1v) is 9.79. The van der Waals surface area contributed by atoms with E-state index >= 15 is 0 Å². The monoisotopic (exact) mass is 332 g/mol. The predicted octanol–water partition coefficient (Wildman–Crippen LogP) is 3.24. The van der Waals surface area contributed by atoms with E-state index in [1.807, 2.05) is 18.2 Å². The second-order valence-electron chi connectivity index (χ2n) is 4.66. The maximum atomic E-state index is 11.2. The summed E-state index contributed by atoms with van der Waals surface area (Å²) in [6, 6.07) is 5.65. The second kappa shape index (κ2) is 6.37. The minimum Gasteiger partial charge on any atom is -0.319 e. The minimum atomic E-state index is -2.94. The van der Waals surface area contributed by atoms with Crippen LogP contribution < -0.4 is 0 Å². The third kappa shape index (κ3) is 3.90. The fourth-order valence-corrected chi connectivity index (χ4v) is 4.32. The average Bonchev–Trinajstić information content (AvgIpc) is 2.66. The van der Waals surface area contributed by atoms with Crippen molar-refractivity contribution in [2.75, 3.05) is 17.8 Å². The molecule has 0 amide bonds. The zero-order chi connectivity index (χ0) is 14.8. The van der Waals surface area contributed by atoms with Crippen molar-refractivity contribution in [3.05, 3.63) is 23.2 Å². The molecular weight excluding hydrogens is 316 g/mol. The Labute approximate surface area is 128 Å². The number of imidazole rings is 1. The highest BCUT2D eigenvalue weighted by molar-refractivity contribution is 8.00. The Hall–Kier alpha value is -0.720. The molecule has 1 aromatic carbocycles. The number of aromatic nitrogens is 2. The molecule has 0 aliphatic heterocycles. The Morgan fingerprint density at radius 1 is 1.40 bits per heavy atom. The fourth-order valence-electron chi connectivity index (χ4n) is 1.92. The lowest BCUT2D eigenvalue weighted by molar-refractivity contribution is 0.603. The van der Waals surface area contributed by atoms with Crippen LogP contribution in [0.5, 0.6) is 0 Å². The van der Waals surface area contributed by atoms with Crippen LogP contribution >= 0.6 is 23.4 Å². The second-order valence-corrected chi connectivity index (χ2v) is 8.42. The third-order valence-corrected chi connectivity index (χ3v) is 5.23. The molecular formula is C13H17ClN2O2S2. The molecule has 0 bridgehead atoms. The van der Waals surface area contributed by atoms with Crippen LogP contribution in [0.1, 0.15) is 13.3 Å². The molecule has 0 unspecified atom stereocenters. The summed E-state index contributed by atoms with van der Waals surface area (Å²) in [5.74, 6) is 0.674. The summed E-state index contributed by atoms with van der Waals surface area (Å²) < 4.78 is 24.5. The van der Waals surface area contributed by atoms with E-state index in [1.165, 1.54) is 18.0 Å². The Balaban J connectivity index is 2.29. The van der Waals surface area contributed by atoms with Crippen LogP contribution in [0.15, 0.2) is 23.4 Å². The highest BCUT2D eigenvalue weighted by Gasteiger charge is 2.12. The van der Waals surface area contributed by atoms with Crippen molar-refractivity contribution >= 4 is 44.2 Å². The van der Waals surface area contributed by atoms with E-state index < -0.39 is 9.84 Å². The van der Waals surface area contributed by atoms with Crippen LogP contribution in [0, 0.1) is 0 Å². The van der Waals surface area contributed by atoms with E-state index in [4.69, 9.17) is 11.6 Å². The molecule has 0 atom stereocenters. The summed E-state index contributed by atoms with van der Waals surface area (Å²) in [4.78, 5) is 4.56. The summed E-state index contributed by atoms with van der Waals surface area (Å²) >= 11 is 7.46. The molecule has 110 valence electrons. The standard InChI is InChI=1S/C13H17ClN2O2S2/c1-3-6-16-12-5-4-10(14)9-11(12)15-13(16)19-7-8-20(2,17)18/h4-5,9H,3,6-8H2,1-2H3. The molecule has 0 saturated carbocycles. The predicted molar refractivity (Wildman–Crippen MR) is 85.5 cm³/mol. The average molecular weight is 333 g/mol. The molecule has 2 rings (SSSR count). The van der Waals surface area contributed by atoms with Crippen molar-refractivity contribution in [2.45, 2.75) is 25.0 Å². The van der Waals surface area contributed by atoms with Gasteiger partial charge in [0.25, 0.3) is 0 Å². The maximum Gasteiger partial charge on any atom is 0.169 e. The SMILES string of the molecule is CCCn1c(SCCS(C)(=O)=O)nc2cc(Cl)ccc21. The lowest BCUT2D eigenvalue weighted by Crippen LogP contribution is -2.06. The van der Waals surface area contributed by atoms with Crippen molar-refractivity contribution in [2.24, 2.45) is 0 Å². The molecule has 4 nitrogen and oxygen atoms in total. The summed E-state index contributed by atoms with van der Waals surface area (Å²) in [6.07, 6.45) is 2.25. The van der Waals surface area contributed by atoms with Gasteiger partial charge in [0.2, 0.25) is 0 Å². The van der Waals surface area contributed by atoms with E-state index in [0.717, 1.165) is 29.2 Å². The lowest BCUT2D eigenvalue weighted by atomic mass is 10.3. The van der Waals surface area contributed by atoms with Gasteiger partial charge in [-0.25, -0.2) is 13.4 Å². The number of hydrogen-bond donors (Lipinski definition) is 0. The molecule has 20 heavy (non-hydrogen) atoms. The first-order valence-electron chi connectivity index (χ1n) is 6.37. The molecule has 0 aliphatic rings. The molecule has 2 aromatic rings. The van der Waals surface area contributed by atoms with Crippen molar-refractivity contribution in [1.82, 2.24) is 9.55 Å². The van der Waals surface area contributed by atoms with Gasteiger partial charge in [-0.15, -0.1) is 0 Å². The van der Waals surface area contributed by atoms with Crippen molar-refractivity contribution in [3.8, 4) is 0 Å². The van der Waals surface area contributed by atoms with Crippen LogP contribution in [0.4, 0.5) is 0 Å². The number of nitrogens with zero attached hydrogens (tertiary/aromatic N) is 2. The third-order valence-electron chi connectivity index (χ3n) is 2.81. The number of fused-ring (bicyclic) bond motifs is 1. The van der Waals surface area contributed by atoms with E-state index in [2.05, 4.69) is 16.5 Å². The van der Waals surface area contributed by atoms with E-state index in [-0.39, 0.29) is 5.75 Å². The molecule has 0 radical (unpaired) electrons. The summed E-state index contributed by atoms with van der Waals surface area (Å²) in [5, 5.41) is 1.51. The van der Waals surface area contributed by atoms with Gasteiger partial charge in [-0.05, 0) is 24.6 Å². The molecule has 7 heteroatoms. The Bertz CT molecular complexity index is 710. The van der Waals surface area contributed by atoms with E-state index in [1.54, 1.807) is 0 Å². The van der Waals surface area contributed by atoms with Gasteiger partial charge in [-0.1, -0.05) is 30.3 Å². The number of sulfone groups is 1. The van der Waals surface area contributed by atoms with Crippen LogP contribution in [-0.4, -0.2) is 35.7 Å². The van der Waals surface area contributed by atoms with Gasteiger partial charge in [-0.2, -0.15) is 0 Å². The molecule has 0 spiro atoms. The number of halogens is 1. The Morgan fingerprint density at radius 3 is 2.80 bits per heavy atom. The van der Waals surface area contributed by atoms with Crippen molar-refractivity contribution in [1.29, 1.82) is 0 Å². The maximum absolute atomic E-state index is 11.2. The van der Waals surface area contributed by atoms with Gasteiger partial charge >= 0.3 is 0 Å². The highest BCUT2D eigenvalue weighted by atomic mass is 35.5. The first kappa shape index (κ1) is 15.7. The Kier molecular flexibility index (Phi) is 4.99. The lowest BCUT2D eigenvalue weighted by Gasteiger charge is -2.06. The molecule has 0 saturated heterocycles. The Morgan fingerprint density at radius 2 is 2.15 bits per heavy atom. The number of benzene rings is 1. The quantitative estimate of drug-likeness (QED) is 0.762. The summed E-state index contributed by atoms with van der Waals surface area (Å²) in [6.45, 7) is 2.96. The zero-order valence-corrected chi connectivity index (χ0v) is 13.9. The van der Waals surface area contributed by atoms with Crippen molar-refractivity contribution < 1.29 is 8.42 Å². The first-order chi connectivity index (χ1) is 9.40. The van der Waals surface area contributed by atoms with Crippen molar-refractivity contribution in [3.63, 3.8) is 0 Å². The van der Waals surface area contributed by atoms with Gasteiger partial charge in [0.1, 0.15) is 9.84 Å². The fraction of sp³-hybridized carbons (Fsp3) is 0.462. The summed E-state index contributed by atoms with van der Waals surface area (Å²) in [7, 11) is -2.94. The molecule has 1 aromatic heterocycles. The number of rotatable bonds is 6. The van der Waals surface area contributed by atoms with Gasteiger partial charge in [-0.3, -0.25) is 0 Å². The topological polar surface area (TPSA) is 52.0 Å². The molecule has 0 fully saturated rings. The number of thioether (sulfide) groups is 1. The van der Waals surface area contributed by atoms with Gasteiger partial charge in [0.05, 0.1) is 16.8 Å². The van der Waals surface area contributed by atoms with E-state index in [0.29, 0.717) is 10.8 Å². The van der Waals surface area contributed by atoms with Crippen LogP contribution in [-0.2, 0) is 16.4 Å². The summed E-state index contributed by atoms with van der Waals surface area (Å²) in [5.41, 5.74) is 1.89. The van der Waals surface area contributed by atoms with Crippen LogP contribution in [0.3, 0.4) is 0 Å². The minimum absolute atomic E-state index is 0.160. The molecule has 0 aliphatic carbocycles. The molecule has 0 N–H and O–H groups in total. The largest absolute Gasteiger partial charge is 0.319 e. The van der Waals surface area contributed by atoms with Crippen LogP contribution in [0.2, 0.25) is 5.02 Å². The zero-order valence-electron chi connectivity index (χ0n) is 11.5. The smallest absolute Gasteiger partial charge is 0.169 e. The highest BCUT2D eigenvalue weighted by Crippen LogP contribution is 2.26. The molecule has 1 heterocycles. The van der Waals surface area contributed by atoms with Gasteiger partial charge in [0, 0.05) is 23.6 Å². The number of aryl methyl sites for hydroxylation is 1. The van der Waals surface area contributed by atoms with Crippen LogP contribution in [0.25, 0.3) is 11.0 Å².